The van der Waals surface area contributed by atoms with E-state index in [4.69, 9.17) is 9.92 Å². The molecule has 0 aliphatic rings. The van der Waals surface area contributed by atoms with Gasteiger partial charge in [-0.3, -0.25) is 0 Å². The van der Waals surface area contributed by atoms with Gasteiger partial charge >= 0.3 is 0 Å². The molecule has 0 aliphatic carbocycles. The van der Waals surface area contributed by atoms with Gasteiger partial charge < -0.3 is 5.73 Å². The van der Waals surface area contributed by atoms with Crippen molar-refractivity contribution in [3.8, 4) is 0 Å². The first-order chi connectivity index (χ1) is 3.81. The van der Waals surface area contributed by atoms with Crippen LogP contribution < -0.4 is 5.73 Å². The van der Waals surface area contributed by atoms with Gasteiger partial charge in [0.2, 0.25) is 0 Å². The molecule has 0 rings (SSSR count). The Morgan fingerprint density at radius 3 is 2.88 bits per heavy atom. The number of nitrogens with two attached hydrogens (primary N) is 1. The summed E-state index contributed by atoms with van der Waals surface area (Å²) in [6.07, 6.45) is 3.83. The lowest BCUT2D eigenvalue weighted by molar-refractivity contribution is 0.379. The third kappa shape index (κ3) is 4.18. The molecule has 8 heavy (non-hydrogen) atoms. The Bertz CT molecular complexity index is 67.4. The van der Waals surface area contributed by atoms with Gasteiger partial charge in [-0.25, -0.2) is 0 Å². The Morgan fingerprint density at radius 1 is 1.88 bits per heavy atom. The molecule has 0 aliphatic heterocycles. The highest BCUT2D eigenvalue weighted by atomic mass is 32.2. The molecule has 0 fully saturated rings. The second kappa shape index (κ2) is 5.15. The van der Waals surface area contributed by atoms with Gasteiger partial charge in [0.15, 0.2) is 12.5 Å². The smallest absolute Gasteiger partial charge is 0.158 e. The van der Waals surface area contributed by atoms with Crippen molar-refractivity contribution >= 4 is 11.2 Å². The monoisotopic (exact) mass is 134 g/mol. The Kier molecular flexibility index (Phi) is 5.16. The van der Waals surface area contributed by atoms with Crippen molar-refractivity contribution in [2.24, 2.45) is 5.73 Å². The standard InChI is InChI=1S/C5H12NOS/c1-3-4-8(2)7-5-6/h3H,1,4-6H2,2H3/q+1. The van der Waals surface area contributed by atoms with Crippen molar-refractivity contribution in [1.82, 2.24) is 0 Å². The maximum Gasteiger partial charge on any atom is 0.158 e. The van der Waals surface area contributed by atoms with Crippen molar-refractivity contribution in [2.75, 3.05) is 18.7 Å². The molecule has 48 valence electrons. The number of rotatable bonds is 4. The highest BCUT2D eigenvalue weighted by molar-refractivity contribution is 7.91. The molecule has 0 amide bonds. The Balaban J connectivity index is 3.03. The third-order valence-electron chi connectivity index (χ3n) is 0.622. The summed E-state index contributed by atoms with van der Waals surface area (Å²) in [7, 11) is 0. The van der Waals surface area contributed by atoms with Gasteiger partial charge in [-0.15, -0.1) is 0 Å². The molecule has 0 saturated carbocycles. The maximum absolute atomic E-state index is 5.11. The van der Waals surface area contributed by atoms with E-state index in [0.717, 1.165) is 5.75 Å². The van der Waals surface area contributed by atoms with Crippen molar-refractivity contribution in [1.29, 1.82) is 0 Å². The summed E-state index contributed by atoms with van der Waals surface area (Å²) in [6.45, 7) is 3.88. The van der Waals surface area contributed by atoms with E-state index in [1.165, 1.54) is 0 Å². The molecule has 0 saturated heterocycles. The highest BCUT2D eigenvalue weighted by Crippen LogP contribution is 1.90. The van der Waals surface area contributed by atoms with Gasteiger partial charge in [0.1, 0.15) is 17.4 Å². The van der Waals surface area contributed by atoms with Gasteiger partial charge in [-0.1, -0.05) is 6.58 Å². The number of hydrogen-bond acceptors (Lipinski definition) is 2. The van der Waals surface area contributed by atoms with Crippen molar-refractivity contribution in [3.05, 3.63) is 12.7 Å². The summed E-state index contributed by atoms with van der Waals surface area (Å²) in [5.74, 6) is 0.900. The second-order valence-corrected chi connectivity index (χ2v) is 3.03. The fraction of sp³-hybridized carbons (Fsp3) is 0.600. The summed E-state index contributed by atoms with van der Waals surface area (Å²) >= 11 is -0.0131. The normalized spacial score (nSPS) is 13.2. The van der Waals surface area contributed by atoms with E-state index in [9.17, 15) is 0 Å². The molecule has 3 heteroatoms. The first-order valence-electron chi connectivity index (χ1n) is 2.38. The van der Waals surface area contributed by atoms with Gasteiger partial charge in [-0.2, -0.15) is 4.18 Å². The van der Waals surface area contributed by atoms with Gasteiger partial charge in [0, 0.05) is 0 Å². The molecule has 0 heterocycles. The SMILES string of the molecule is C=CC[S+](C)OCN. The minimum absolute atomic E-state index is 0.0131. The van der Waals surface area contributed by atoms with Crippen LogP contribution in [0.5, 0.6) is 0 Å². The first kappa shape index (κ1) is 8.01. The molecule has 0 aromatic heterocycles. The zero-order valence-corrected chi connectivity index (χ0v) is 5.91. The minimum atomic E-state index is -0.0131. The molecule has 0 bridgehead atoms. The molecule has 0 aromatic rings. The Hall–Kier alpha value is 0.01000. The van der Waals surface area contributed by atoms with E-state index in [-0.39, 0.29) is 11.2 Å². The lowest BCUT2D eigenvalue weighted by Crippen LogP contribution is -2.13. The molecule has 1 atom stereocenters. The molecule has 0 radical (unpaired) electrons. The van der Waals surface area contributed by atoms with E-state index in [1.54, 1.807) is 0 Å². The van der Waals surface area contributed by atoms with Gasteiger partial charge in [0.25, 0.3) is 0 Å². The summed E-state index contributed by atoms with van der Waals surface area (Å²) in [4.78, 5) is 0. The van der Waals surface area contributed by atoms with Crippen LogP contribution in [-0.4, -0.2) is 18.7 Å². The predicted octanol–water partition coefficient (Wildman–Crippen LogP) is 0.268. The third-order valence-corrected chi connectivity index (χ3v) is 1.87. The second-order valence-electron chi connectivity index (χ2n) is 1.31. The molecular weight excluding hydrogens is 122 g/mol. The fourth-order valence-corrected chi connectivity index (χ4v) is 0.991. The van der Waals surface area contributed by atoms with Crippen LogP contribution in [0, 0.1) is 0 Å². The topological polar surface area (TPSA) is 35.2 Å². The summed E-state index contributed by atoms with van der Waals surface area (Å²) in [5.41, 5.74) is 5.11. The van der Waals surface area contributed by atoms with Crippen LogP contribution in [0.15, 0.2) is 12.7 Å². The van der Waals surface area contributed by atoms with Crippen LogP contribution >= 0.6 is 0 Å². The predicted molar refractivity (Wildman–Crippen MR) is 38.5 cm³/mol. The Labute approximate surface area is 53.3 Å². The summed E-state index contributed by atoms with van der Waals surface area (Å²) < 4.78 is 5.02. The van der Waals surface area contributed by atoms with Crippen LogP contribution in [0.3, 0.4) is 0 Å². The van der Waals surface area contributed by atoms with Crippen LogP contribution in [0.2, 0.25) is 0 Å². The quantitative estimate of drug-likeness (QED) is 0.340. The fourth-order valence-electron chi connectivity index (χ4n) is 0.330. The van der Waals surface area contributed by atoms with Gasteiger partial charge in [-0.05, 0) is 6.08 Å². The van der Waals surface area contributed by atoms with Crippen LogP contribution in [0.25, 0.3) is 0 Å². The van der Waals surface area contributed by atoms with Crippen molar-refractivity contribution in [3.63, 3.8) is 0 Å². The molecule has 2 nitrogen and oxygen atoms in total. The summed E-state index contributed by atoms with van der Waals surface area (Å²) in [6, 6.07) is 0. The zero-order valence-electron chi connectivity index (χ0n) is 5.09. The maximum atomic E-state index is 5.11. The summed E-state index contributed by atoms with van der Waals surface area (Å²) in [5, 5.41) is 0. The minimum Gasteiger partial charge on any atom is -0.304 e. The lowest BCUT2D eigenvalue weighted by Gasteiger charge is -1.93. The number of hydrogen-bond donors (Lipinski definition) is 1. The molecular formula is C5H12NOS+. The average molecular weight is 134 g/mol. The van der Waals surface area contributed by atoms with Crippen LogP contribution in [-0.2, 0) is 15.4 Å². The largest absolute Gasteiger partial charge is 0.304 e. The first-order valence-corrected chi connectivity index (χ1v) is 4.10. The molecule has 0 aromatic carbocycles. The van der Waals surface area contributed by atoms with E-state index in [0.29, 0.717) is 6.73 Å². The molecule has 1 unspecified atom stereocenters. The van der Waals surface area contributed by atoms with E-state index < -0.39 is 0 Å². The van der Waals surface area contributed by atoms with Crippen LogP contribution in [0.1, 0.15) is 0 Å². The average Bonchev–Trinajstić information content (AvgIpc) is 1.68. The molecule has 0 spiro atoms. The van der Waals surface area contributed by atoms with E-state index in [1.807, 2.05) is 12.3 Å². The molecule has 2 N–H and O–H groups in total. The van der Waals surface area contributed by atoms with Crippen molar-refractivity contribution in [2.45, 2.75) is 0 Å². The highest BCUT2D eigenvalue weighted by Gasteiger charge is 2.06. The van der Waals surface area contributed by atoms with Crippen LogP contribution in [0.4, 0.5) is 0 Å². The Morgan fingerprint density at radius 2 is 2.50 bits per heavy atom. The zero-order chi connectivity index (χ0) is 6.41. The van der Waals surface area contributed by atoms with Crippen molar-refractivity contribution < 1.29 is 4.18 Å². The van der Waals surface area contributed by atoms with Gasteiger partial charge in [0.05, 0.1) is 0 Å². The lowest BCUT2D eigenvalue weighted by atomic mass is 10.8. The van der Waals surface area contributed by atoms with E-state index in [2.05, 4.69) is 6.58 Å². The van der Waals surface area contributed by atoms with E-state index >= 15 is 0 Å².